The predicted molar refractivity (Wildman–Crippen MR) is 178 cm³/mol. The molecular weight excluding hydrogens is 666 g/mol. The van der Waals surface area contributed by atoms with Gasteiger partial charge in [0.1, 0.15) is 29.6 Å². The van der Waals surface area contributed by atoms with Crippen LogP contribution in [-0.4, -0.2) is 76.5 Å². The lowest BCUT2D eigenvalue weighted by Gasteiger charge is -2.26. The van der Waals surface area contributed by atoms with Gasteiger partial charge in [-0.15, -0.1) is 0 Å². The van der Waals surface area contributed by atoms with Gasteiger partial charge in [0.2, 0.25) is 5.92 Å². The molecule has 2 heterocycles. The monoisotopic (exact) mass is 705 g/mol. The molecule has 1 aromatic heterocycles. The van der Waals surface area contributed by atoms with Gasteiger partial charge in [0.15, 0.2) is 0 Å². The first kappa shape index (κ1) is 37.3. The summed E-state index contributed by atoms with van der Waals surface area (Å²) in [4.78, 5) is 46.0. The summed E-state index contributed by atoms with van der Waals surface area (Å²) in [6, 6.07) is 8.74. The largest absolute Gasteiger partial charge is 0.444 e. The summed E-state index contributed by atoms with van der Waals surface area (Å²) >= 11 is 0. The average Bonchev–Trinajstić information content (AvgIpc) is 3.15. The number of ether oxygens (including phenoxy) is 1. The van der Waals surface area contributed by atoms with Crippen LogP contribution in [0.2, 0.25) is 0 Å². The van der Waals surface area contributed by atoms with Crippen LogP contribution in [0.4, 0.5) is 33.9 Å². The van der Waals surface area contributed by atoms with Crippen molar-refractivity contribution in [1.29, 1.82) is 0 Å². The van der Waals surface area contributed by atoms with E-state index in [9.17, 15) is 36.2 Å². The van der Waals surface area contributed by atoms with Crippen LogP contribution in [0.15, 0.2) is 57.9 Å². The minimum absolute atomic E-state index is 0.0000614. The number of nitrogens with one attached hydrogen (secondary N) is 1. The van der Waals surface area contributed by atoms with Gasteiger partial charge in [-0.2, -0.15) is 4.36 Å². The quantitative estimate of drug-likeness (QED) is 0.261. The molecule has 0 spiro atoms. The molecule has 0 saturated carbocycles. The number of rotatable bonds is 7. The number of carbonyl (C=O) groups is 3. The van der Waals surface area contributed by atoms with E-state index in [2.05, 4.69) is 14.7 Å². The van der Waals surface area contributed by atoms with Crippen molar-refractivity contribution in [3.8, 4) is 11.1 Å². The lowest BCUT2D eigenvalue weighted by atomic mass is 9.97. The maximum absolute atomic E-state index is 14.2. The van der Waals surface area contributed by atoms with Gasteiger partial charge in [0.25, 0.3) is 11.8 Å². The molecule has 49 heavy (non-hydrogen) atoms. The van der Waals surface area contributed by atoms with Crippen LogP contribution < -0.4 is 10.2 Å². The van der Waals surface area contributed by atoms with E-state index >= 15 is 0 Å². The van der Waals surface area contributed by atoms with Gasteiger partial charge < -0.3 is 19.9 Å². The van der Waals surface area contributed by atoms with Crippen LogP contribution >= 0.6 is 0 Å². The molecule has 10 nitrogen and oxygen atoms in total. The lowest BCUT2D eigenvalue weighted by Crippen LogP contribution is -2.37. The van der Waals surface area contributed by atoms with E-state index in [4.69, 9.17) is 4.74 Å². The second-order valence-corrected chi connectivity index (χ2v) is 15.2. The third-order valence-electron chi connectivity index (χ3n) is 7.62. The third kappa shape index (κ3) is 9.77. The number of anilines is 2. The molecule has 1 fully saturated rings. The average molecular weight is 706 g/mol. The number of halogens is 4. The van der Waals surface area contributed by atoms with Crippen molar-refractivity contribution in [2.45, 2.75) is 63.4 Å². The molecule has 3 amide bonds. The van der Waals surface area contributed by atoms with Gasteiger partial charge in [0.05, 0.1) is 15.3 Å². The van der Waals surface area contributed by atoms with Crippen LogP contribution in [0, 0.1) is 18.6 Å². The highest BCUT2D eigenvalue weighted by Crippen LogP contribution is 2.35. The summed E-state index contributed by atoms with van der Waals surface area (Å²) < 4.78 is 79.4. The van der Waals surface area contributed by atoms with Crippen molar-refractivity contribution in [2.24, 2.45) is 4.36 Å². The third-order valence-corrected chi connectivity index (χ3v) is 9.30. The standard InChI is InChI=1S/C34H39F4N5O5S/c1-21-27(22-15-23(35)17-24(36)16-22)19-39-30(43-13-8-11-34(37,38)12-14-43)29(21)31(45)40-25-9-7-10-26(18-25)49(6,47)41-28(44)20-42(5)32(46)48-33(2,3)4/h7,9-10,15-19H,8,11-14,20H2,1-6H3,(H,40,45)/t49-/m1/s1. The van der Waals surface area contributed by atoms with Gasteiger partial charge in [-0.25, -0.2) is 31.5 Å². The Hall–Kier alpha value is -4.53. The fraction of sp³-hybridized carbons (Fsp3) is 0.412. The molecule has 1 aliphatic heterocycles. The van der Waals surface area contributed by atoms with Crippen LogP contribution in [0.25, 0.3) is 11.1 Å². The smallest absolute Gasteiger partial charge is 0.410 e. The number of aromatic nitrogens is 1. The van der Waals surface area contributed by atoms with Crippen molar-refractivity contribution in [2.75, 3.05) is 43.2 Å². The van der Waals surface area contributed by atoms with Crippen molar-refractivity contribution < 1.29 is 40.9 Å². The predicted octanol–water partition coefficient (Wildman–Crippen LogP) is 7.06. The summed E-state index contributed by atoms with van der Waals surface area (Å²) in [5.41, 5.74) is 0.0624. The van der Waals surface area contributed by atoms with E-state index in [1.54, 1.807) is 32.6 Å². The van der Waals surface area contributed by atoms with Crippen molar-refractivity contribution in [3.05, 3.63) is 71.4 Å². The van der Waals surface area contributed by atoms with Gasteiger partial charge >= 0.3 is 6.09 Å². The molecule has 0 bridgehead atoms. The number of amides is 3. The van der Waals surface area contributed by atoms with Crippen molar-refractivity contribution >= 4 is 39.1 Å². The molecule has 0 radical (unpaired) electrons. The summed E-state index contributed by atoms with van der Waals surface area (Å²) in [7, 11) is -2.01. The SMILES string of the molecule is Cc1c(-c2cc(F)cc(F)c2)cnc(N2CCCC(F)(F)CC2)c1C(=O)Nc1cccc([S@@](C)(=O)=NC(=O)CN(C)C(=O)OC(C)(C)C)c1. The van der Waals surface area contributed by atoms with Crippen LogP contribution in [-0.2, 0) is 19.3 Å². The zero-order valence-electron chi connectivity index (χ0n) is 28.1. The first-order chi connectivity index (χ1) is 22.7. The highest BCUT2D eigenvalue weighted by atomic mass is 32.2. The molecule has 264 valence electrons. The molecule has 1 N–H and O–H groups in total. The first-order valence-corrected chi connectivity index (χ1v) is 17.4. The fourth-order valence-corrected chi connectivity index (χ4v) is 6.49. The minimum Gasteiger partial charge on any atom is -0.444 e. The number of alkyl halides is 2. The molecule has 1 atom stereocenters. The molecule has 0 aliphatic carbocycles. The maximum Gasteiger partial charge on any atom is 0.410 e. The number of likely N-dealkylation sites (N-methyl/N-ethyl adjacent to an activating group) is 1. The Morgan fingerprint density at radius 3 is 2.41 bits per heavy atom. The molecular formula is C34H39F4N5O5S. The summed E-state index contributed by atoms with van der Waals surface area (Å²) in [5.74, 6) is -5.97. The highest BCUT2D eigenvalue weighted by Gasteiger charge is 2.34. The molecule has 1 aliphatic rings. The van der Waals surface area contributed by atoms with Crippen LogP contribution in [0.5, 0.6) is 0 Å². The molecule has 4 rings (SSSR count). The Kier molecular flexibility index (Phi) is 11.1. The summed E-state index contributed by atoms with van der Waals surface area (Å²) in [6.07, 6.45) is 1.21. The van der Waals surface area contributed by atoms with Crippen molar-refractivity contribution in [1.82, 2.24) is 9.88 Å². The van der Waals surface area contributed by atoms with E-state index in [0.717, 1.165) is 17.0 Å². The number of hydrogen-bond donors (Lipinski definition) is 1. The minimum atomic E-state index is -3.36. The number of nitrogens with zero attached hydrogens (tertiary/aromatic N) is 4. The normalized spacial score (nSPS) is 15.8. The Morgan fingerprint density at radius 2 is 1.76 bits per heavy atom. The van der Waals surface area contributed by atoms with E-state index in [-0.39, 0.29) is 59.0 Å². The second-order valence-electron chi connectivity index (χ2n) is 13.0. The zero-order chi connectivity index (χ0) is 36.3. The number of pyridine rings is 1. The van der Waals surface area contributed by atoms with Crippen molar-refractivity contribution in [3.63, 3.8) is 0 Å². The molecule has 1 saturated heterocycles. The molecule has 3 aromatic rings. The van der Waals surface area contributed by atoms with E-state index < -0.39 is 63.8 Å². The van der Waals surface area contributed by atoms with Gasteiger partial charge in [0, 0.05) is 67.6 Å². The maximum atomic E-state index is 14.2. The van der Waals surface area contributed by atoms with E-state index in [0.29, 0.717) is 11.6 Å². The zero-order valence-corrected chi connectivity index (χ0v) is 28.9. The summed E-state index contributed by atoms with van der Waals surface area (Å²) in [5, 5.41) is 2.72. The van der Waals surface area contributed by atoms with E-state index in [1.807, 2.05) is 0 Å². The molecule has 0 unspecified atom stereocenters. The van der Waals surface area contributed by atoms with Crippen LogP contribution in [0.3, 0.4) is 0 Å². The number of hydrogen-bond acceptors (Lipinski definition) is 7. The van der Waals surface area contributed by atoms with E-state index in [1.165, 1.54) is 43.8 Å². The Labute approximate surface area is 283 Å². The fourth-order valence-electron chi connectivity index (χ4n) is 5.26. The lowest BCUT2D eigenvalue weighted by molar-refractivity contribution is -0.118. The van der Waals surface area contributed by atoms with Gasteiger partial charge in [-0.1, -0.05) is 6.07 Å². The number of benzene rings is 2. The Balaban J connectivity index is 1.67. The molecule has 15 heteroatoms. The highest BCUT2D eigenvalue weighted by molar-refractivity contribution is 7.93. The topological polar surface area (TPSA) is 121 Å². The van der Waals surface area contributed by atoms with Gasteiger partial charge in [-0.05, 0) is 75.6 Å². The summed E-state index contributed by atoms with van der Waals surface area (Å²) in [6.45, 7) is 6.21. The molecule has 2 aromatic carbocycles. The first-order valence-electron chi connectivity index (χ1n) is 15.4. The van der Waals surface area contributed by atoms with Crippen LogP contribution in [0.1, 0.15) is 56.0 Å². The Bertz CT molecular complexity index is 1870. The second kappa shape index (κ2) is 14.5. The van der Waals surface area contributed by atoms with Gasteiger partial charge in [-0.3, -0.25) is 9.59 Å². The Morgan fingerprint density at radius 1 is 1.08 bits per heavy atom. The number of carbonyl (C=O) groups excluding carboxylic acids is 3.